The molecule has 1 aromatic heterocycles. The number of aliphatic hydroxyl groups is 1. The summed E-state index contributed by atoms with van der Waals surface area (Å²) in [6.07, 6.45) is -3.85. The Morgan fingerprint density at radius 3 is 2.43 bits per heavy atom. The number of amides is 1. The van der Waals surface area contributed by atoms with Gasteiger partial charge in [0.1, 0.15) is 5.82 Å². The molecule has 1 amide bonds. The largest absolute Gasteiger partial charge is 0.417 e. The van der Waals surface area contributed by atoms with Gasteiger partial charge in [0, 0.05) is 37.2 Å². The van der Waals surface area contributed by atoms with Crippen LogP contribution in [0.1, 0.15) is 43.4 Å². The molecule has 35 heavy (non-hydrogen) atoms. The summed E-state index contributed by atoms with van der Waals surface area (Å²) in [5.74, 6) is 0.555. The maximum atomic E-state index is 13.2. The van der Waals surface area contributed by atoms with Crippen molar-refractivity contribution in [2.45, 2.75) is 56.2 Å². The Hall–Kier alpha value is -1.87. The predicted octanol–water partition coefficient (Wildman–Crippen LogP) is 5.54. The molecule has 0 radical (unpaired) electrons. The Bertz CT molecular complexity index is 1090. The van der Waals surface area contributed by atoms with E-state index in [0.29, 0.717) is 48.2 Å². The maximum Gasteiger partial charge on any atom is 0.417 e. The molecule has 2 aliphatic rings. The number of benzene rings is 1. The molecule has 1 atom stereocenters. The number of likely N-dealkylation sites (tertiary alicyclic amines) is 1. The summed E-state index contributed by atoms with van der Waals surface area (Å²) < 4.78 is 39.6. The number of halogens is 5. The van der Waals surface area contributed by atoms with Crippen molar-refractivity contribution in [2.24, 2.45) is 0 Å². The van der Waals surface area contributed by atoms with Gasteiger partial charge in [-0.25, -0.2) is 4.98 Å². The Morgan fingerprint density at radius 1 is 1.09 bits per heavy atom. The van der Waals surface area contributed by atoms with E-state index in [0.717, 1.165) is 11.3 Å². The minimum Gasteiger partial charge on any atom is -0.380 e. The lowest BCUT2D eigenvalue weighted by atomic mass is 9.71. The van der Waals surface area contributed by atoms with Gasteiger partial charge in [0.25, 0.3) is 0 Å². The molecule has 0 aliphatic carbocycles. The molecular weight excluding hydrogens is 502 g/mol. The minimum absolute atomic E-state index is 0.0213. The van der Waals surface area contributed by atoms with Crippen molar-refractivity contribution in [3.05, 3.63) is 57.7 Å². The standard InChI is InChI=1S/C25H28Cl2F3N3O2/c1-17-3-2-4-21(31-17)33-16-23(8-7-22(33)34,18-5-6-19(26)20(27)15-18)9-12-32-13-10-24(35,11-14-32)25(28,29)30/h2-6,15,35H,7-14,16H2,1H3. The maximum absolute atomic E-state index is 13.2. The first-order chi connectivity index (χ1) is 16.4. The highest BCUT2D eigenvalue weighted by atomic mass is 35.5. The normalized spacial score (nSPS) is 23.5. The van der Waals surface area contributed by atoms with E-state index >= 15 is 0 Å². The summed E-state index contributed by atoms with van der Waals surface area (Å²) in [7, 11) is 0. The van der Waals surface area contributed by atoms with Crippen LogP contribution in [0.15, 0.2) is 36.4 Å². The number of carbonyl (C=O) groups excluding carboxylic acids is 1. The van der Waals surface area contributed by atoms with Gasteiger partial charge < -0.3 is 10.0 Å². The van der Waals surface area contributed by atoms with Crippen LogP contribution in [0.25, 0.3) is 0 Å². The van der Waals surface area contributed by atoms with Gasteiger partial charge in [0.05, 0.1) is 10.0 Å². The van der Waals surface area contributed by atoms with E-state index in [1.54, 1.807) is 17.0 Å². The topological polar surface area (TPSA) is 56.7 Å². The second kappa shape index (κ2) is 9.88. The van der Waals surface area contributed by atoms with Crippen molar-refractivity contribution in [3.8, 4) is 0 Å². The SMILES string of the molecule is Cc1cccc(N2CC(CCN3CCC(O)(C(F)(F)F)CC3)(c3ccc(Cl)c(Cl)c3)CCC2=O)n1. The molecule has 5 nitrogen and oxygen atoms in total. The van der Waals surface area contributed by atoms with Gasteiger partial charge >= 0.3 is 6.18 Å². The quantitative estimate of drug-likeness (QED) is 0.552. The van der Waals surface area contributed by atoms with Crippen LogP contribution in [-0.2, 0) is 10.2 Å². The van der Waals surface area contributed by atoms with Crippen molar-refractivity contribution in [1.29, 1.82) is 0 Å². The molecule has 0 bridgehead atoms. The van der Waals surface area contributed by atoms with E-state index in [9.17, 15) is 23.1 Å². The van der Waals surface area contributed by atoms with Crippen LogP contribution in [0.5, 0.6) is 0 Å². The molecule has 0 saturated carbocycles. The van der Waals surface area contributed by atoms with E-state index in [2.05, 4.69) is 4.98 Å². The van der Waals surface area contributed by atoms with Crippen molar-refractivity contribution in [2.75, 3.05) is 31.1 Å². The third-order valence-electron chi connectivity index (χ3n) is 7.38. The van der Waals surface area contributed by atoms with Gasteiger partial charge in [-0.2, -0.15) is 13.2 Å². The number of hydrogen-bond acceptors (Lipinski definition) is 4. The second-order valence-corrected chi connectivity index (χ2v) is 10.5. The predicted molar refractivity (Wildman–Crippen MR) is 130 cm³/mol. The number of alkyl halides is 3. The fraction of sp³-hybridized carbons (Fsp3) is 0.520. The zero-order valence-electron chi connectivity index (χ0n) is 19.4. The van der Waals surface area contributed by atoms with Crippen LogP contribution < -0.4 is 4.90 Å². The molecule has 3 heterocycles. The van der Waals surface area contributed by atoms with Gasteiger partial charge in [0.2, 0.25) is 5.91 Å². The van der Waals surface area contributed by atoms with Crippen LogP contribution in [0.3, 0.4) is 0 Å². The average Bonchev–Trinajstić information content (AvgIpc) is 2.81. The number of piperidine rings is 2. The van der Waals surface area contributed by atoms with Crippen LogP contribution in [0.2, 0.25) is 10.0 Å². The van der Waals surface area contributed by atoms with Crippen LogP contribution in [0, 0.1) is 6.92 Å². The Balaban J connectivity index is 1.59. The van der Waals surface area contributed by atoms with E-state index in [1.165, 1.54) is 0 Å². The van der Waals surface area contributed by atoms with Crippen molar-refractivity contribution in [1.82, 2.24) is 9.88 Å². The number of carbonyl (C=O) groups is 1. The van der Waals surface area contributed by atoms with Crippen LogP contribution in [0.4, 0.5) is 19.0 Å². The number of anilines is 1. The summed E-state index contributed by atoms with van der Waals surface area (Å²) in [4.78, 5) is 21.1. The molecule has 4 rings (SSSR count). The molecule has 190 valence electrons. The molecule has 2 aliphatic heterocycles. The van der Waals surface area contributed by atoms with Gasteiger partial charge in [0.15, 0.2) is 5.60 Å². The monoisotopic (exact) mass is 529 g/mol. The van der Waals surface area contributed by atoms with E-state index in [1.807, 2.05) is 36.1 Å². The van der Waals surface area contributed by atoms with Crippen molar-refractivity contribution >= 4 is 34.9 Å². The number of nitrogens with zero attached hydrogens (tertiary/aromatic N) is 3. The average molecular weight is 530 g/mol. The summed E-state index contributed by atoms with van der Waals surface area (Å²) in [5, 5.41) is 10.8. The molecule has 10 heteroatoms. The summed E-state index contributed by atoms with van der Waals surface area (Å²) in [5.41, 5.74) is -1.38. The lowest BCUT2D eigenvalue weighted by Crippen LogP contribution is -2.54. The smallest absolute Gasteiger partial charge is 0.380 e. The molecule has 2 fully saturated rings. The second-order valence-electron chi connectivity index (χ2n) is 9.65. The first-order valence-electron chi connectivity index (χ1n) is 11.6. The molecule has 1 aromatic carbocycles. The fourth-order valence-electron chi connectivity index (χ4n) is 5.05. The summed E-state index contributed by atoms with van der Waals surface area (Å²) in [6.45, 7) is 3.06. The highest BCUT2D eigenvalue weighted by molar-refractivity contribution is 6.42. The number of aryl methyl sites for hydroxylation is 1. The van der Waals surface area contributed by atoms with E-state index < -0.39 is 17.2 Å². The number of rotatable bonds is 5. The lowest BCUT2D eigenvalue weighted by molar-refractivity contribution is -0.272. The number of hydrogen-bond donors (Lipinski definition) is 1. The van der Waals surface area contributed by atoms with E-state index in [-0.39, 0.29) is 31.8 Å². The first kappa shape index (κ1) is 26.2. The van der Waals surface area contributed by atoms with Gasteiger partial charge in [-0.1, -0.05) is 35.3 Å². The summed E-state index contributed by atoms with van der Waals surface area (Å²) in [6, 6.07) is 11.0. The third-order valence-corrected chi connectivity index (χ3v) is 8.12. The molecule has 2 aromatic rings. The highest BCUT2D eigenvalue weighted by Gasteiger charge is 2.54. The van der Waals surface area contributed by atoms with E-state index in [4.69, 9.17) is 23.2 Å². The molecule has 1 N–H and O–H groups in total. The minimum atomic E-state index is -4.63. The first-order valence-corrected chi connectivity index (χ1v) is 12.4. The van der Waals surface area contributed by atoms with Crippen molar-refractivity contribution < 1.29 is 23.1 Å². The zero-order valence-corrected chi connectivity index (χ0v) is 20.9. The Morgan fingerprint density at radius 2 is 1.80 bits per heavy atom. The molecule has 0 spiro atoms. The number of aromatic nitrogens is 1. The molecular formula is C25H28Cl2F3N3O2. The lowest BCUT2D eigenvalue weighted by Gasteiger charge is -2.45. The summed E-state index contributed by atoms with van der Waals surface area (Å²) >= 11 is 12.5. The van der Waals surface area contributed by atoms with Gasteiger partial charge in [-0.05, 0) is 69.0 Å². The Kier molecular flexibility index (Phi) is 7.40. The van der Waals surface area contributed by atoms with Crippen molar-refractivity contribution in [3.63, 3.8) is 0 Å². The van der Waals surface area contributed by atoms with Crippen LogP contribution >= 0.6 is 23.2 Å². The Labute approximate surface area is 212 Å². The van der Waals surface area contributed by atoms with Gasteiger partial charge in [-0.3, -0.25) is 9.69 Å². The van der Waals surface area contributed by atoms with Gasteiger partial charge in [-0.15, -0.1) is 0 Å². The zero-order chi connectivity index (χ0) is 25.4. The third kappa shape index (κ3) is 5.45. The molecule has 1 unspecified atom stereocenters. The molecule has 2 saturated heterocycles. The van der Waals surface area contributed by atoms with Crippen LogP contribution in [-0.4, -0.2) is 58.9 Å². The number of pyridine rings is 1. The fourth-order valence-corrected chi connectivity index (χ4v) is 5.35. The highest BCUT2D eigenvalue weighted by Crippen LogP contribution is 2.42.